The van der Waals surface area contributed by atoms with Crippen LogP contribution in [0.2, 0.25) is 0 Å². The number of rotatable bonds is 2. The number of aromatic nitrogens is 2. The Morgan fingerprint density at radius 1 is 1.47 bits per heavy atom. The van der Waals surface area contributed by atoms with Crippen LogP contribution >= 0.6 is 0 Å². The molecular formula is C13H16N2O3Se. The van der Waals surface area contributed by atoms with Crippen LogP contribution in [0.15, 0.2) is 10.9 Å². The molecule has 2 aromatic heterocycles. The van der Waals surface area contributed by atoms with E-state index in [4.69, 9.17) is 4.74 Å². The fraction of sp³-hybridized carbons (Fsp3) is 0.462. The van der Waals surface area contributed by atoms with Gasteiger partial charge in [0.1, 0.15) is 0 Å². The first kappa shape index (κ1) is 14.0. The van der Waals surface area contributed by atoms with Gasteiger partial charge in [-0.3, -0.25) is 0 Å². The number of aromatic amines is 1. The van der Waals surface area contributed by atoms with Crippen molar-refractivity contribution >= 4 is 30.2 Å². The molecule has 0 spiro atoms. The molecule has 2 heterocycles. The van der Waals surface area contributed by atoms with Gasteiger partial charge in [-0.15, -0.1) is 0 Å². The van der Waals surface area contributed by atoms with Crippen LogP contribution in [0.5, 0.6) is 0 Å². The maximum absolute atomic E-state index is 12.0. The molecule has 102 valence electrons. The van der Waals surface area contributed by atoms with Crippen LogP contribution in [-0.4, -0.2) is 37.0 Å². The minimum absolute atomic E-state index is 0.0111. The molecule has 0 aliphatic heterocycles. The molecule has 5 nitrogen and oxygen atoms in total. The molecule has 0 saturated heterocycles. The van der Waals surface area contributed by atoms with Crippen molar-refractivity contribution in [3.05, 3.63) is 26.7 Å². The minimum atomic E-state index is -0.590. The molecule has 0 atom stereocenters. The van der Waals surface area contributed by atoms with Crippen molar-refractivity contribution in [1.82, 2.24) is 9.97 Å². The third-order valence-corrected chi connectivity index (χ3v) is 5.84. The average molecular weight is 327 g/mol. The summed E-state index contributed by atoms with van der Waals surface area (Å²) in [5.74, 6) is -0.611. The summed E-state index contributed by atoms with van der Waals surface area (Å²) in [4.78, 5) is 30.3. The topological polar surface area (TPSA) is 72.0 Å². The summed E-state index contributed by atoms with van der Waals surface area (Å²) < 4.78 is 6.74. The number of ether oxygens (including phenoxy) is 1. The van der Waals surface area contributed by atoms with Crippen LogP contribution in [0, 0.1) is 0 Å². The summed E-state index contributed by atoms with van der Waals surface area (Å²) in [5.41, 5.74) is 0.386. The molecule has 0 aliphatic rings. The van der Waals surface area contributed by atoms with Crippen LogP contribution in [0.4, 0.5) is 0 Å². The molecule has 0 radical (unpaired) electrons. The Labute approximate surface area is 116 Å². The van der Waals surface area contributed by atoms with Crippen molar-refractivity contribution in [3.63, 3.8) is 0 Å². The Bertz CT molecular complexity index is 679. The van der Waals surface area contributed by atoms with Crippen molar-refractivity contribution in [3.8, 4) is 0 Å². The number of hydrogen-bond donors (Lipinski definition) is 1. The summed E-state index contributed by atoms with van der Waals surface area (Å²) in [6, 6.07) is 1.92. The van der Waals surface area contributed by atoms with Gasteiger partial charge in [0.2, 0.25) is 0 Å². The molecule has 6 heteroatoms. The molecule has 0 unspecified atom stereocenters. The zero-order chi connectivity index (χ0) is 14.2. The second-order valence-electron chi connectivity index (χ2n) is 5.21. The molecule has 0 aromatic carbocycles. The van der Waals surface area contributed by atoms with Crippen LogP contribution in [-0.2, 0) is 10.2 Å². The molecule has 0 aliphatic carbocycles. The Balaban J connectivity index is 2.57. The summed E-state index contributed by atoms with van der Waals surface area (Å²) in [5, 5.41) is 0. The molecule has 2 aromatic rings. The predicted molar refractivity (Wildman–Crippen MR) is 74.0 cm³/mol. The summed E-state index contributed by atoms with van der Waals surface area (Å²) >= 11 is -0.0264. The first-order chi connectivity index (χ1) is 8.82. The zero-order valence-electron chi connectivity index (χ0n) is 11.4. The number of nitrogens with one attached hydrogen (secondary N) is 1. The number of fused-ring (bicyclic) bond motifs is 1. The Kier molecular flexibility index (Phi) is 3.65. The second kappa shape index (κ2) is 4.94. The first-order valence-corrected chi connectivity index (χ1v) is 7.75. The van der Waals surface area contributed by atoms with Crippen LogP contribution in [0.25, 0.3) is 9.78 Å². The van der Waals surface area contributed by atoms with Crippen LogP contribution < -0.4 is 5.56 Å². The molecule has 2 rings (SSSR count). The quantitative estimate of drug-likeness (QED) is 0.669. The molecule has 1 N–H and O–H groups in total. The molecule has 19 heavy (non-hydrogen) atoms. The maximum atomic E-state index is 12.0. The van der Waals surface area contributed by atoms with Gasteiger partial charge in [-0.2, -0.15) is 0 Å². The monoisotopic (exact) mass is 328 g/mol. The van der Waals surface area contributed by atoms with Gasteiger partial charge in [0.25, 0.3) is 0 Å². The predicted octanol–water partition coefficient (Wildman–Crippen LogP) is 1.45. The van der Waals surface area contributed by atoms with E-state index in [0.717, 1.165) is 0 Å². The summed E-state index contributed by atoms with van der Waals surface area (Å²) in [6.45, 7) is 8.28. The van der Waals surface area contributed by atoms with Crippen LogP contribution in [0.1, 0.15) is 42.8 Å². The Hall–Kier alpha value is -1.39. The number of carbonyl (C=O) groups is 1. The van der Waals surface area contributed by atoms with Crippen molar-refractivity contribution in [1.29, 1.82) is 0 Å². The number of H-pyrrole nitrogens is 1. The Morgan fingerprint density at radius 2 is 2.16 bits per heavy atom. The van der Waals surface area contributed by atoms with Gasteiger partial charge in [-0.25, -0.2) is 0 Å². The van der Waals surface area contributed by atoms with Gasteiger partial charge >= 0.3 is 116 Å². The van der Waals surface area contributed by atoms with E-state index < -0.39 is 5.97 Å². The number of nitrogens with zero attached hydrogens (tertiary/aromatic N) is 1. The molecule has 0 amide bonds. The van der Waals surface area contributed by atoms with E-state index in [-0.39, 0.29) is 37.9 Å². The molecule has 0 saturated carbocycles. The standard InChI is InChI=1S/C13H16N2O3Se/c1-5-18-12(17)10-14-7-6-8(13(2,3)4)19-9(7)11(16)15-10/h6H,5H2,1-4H3,(H,14,15,16). The van der Waals surface area contributed by atoms with Crippen molar-refractivity contribution in [2.24, 2.45) is 0 Å². The van der Waals surface area contributed by atoms with Crippen molar-refractivity contribution in [2.45, 2.75) is 33.1 Å². The van der Waals surface area contributed by atoms with Gasteiger partial charge in [0, 0.05) is 0 Å². The van der Waals surface area contributed by atoms with Gasteiger partial charge in [-0.1, -0.05) is 0 Å². The van der Waals surface area contributed by atoms with E-state index >= 15 is 0 Å². The van der Waals surface area contributed by atoms with Gasteiger partial charge in [0.05, 0.1) is 0 Å². The first-order valence-electron chi connectivity index (χ1n) is 6.04. The second-order valence-corrected chi connectivity index (χ2v) is 7.42. The SMILES string of the molecule is CCOC(=O)c1nc2cc(C(C)(C)C)[se]c2c(=O)[nH]1. The zero-order valence-corrected chi connectivity index (χ0v) is 13.1. The van der Waals surface area contributed by atoms with E-state index in [1.165, 1.54) is 4.44 Å². The number of hydrogen-bond acceptors (Lipinski definition) is 4. The molecular weight excluding hydrogens is 311 g/mol. The van der Waals surface area contributed by atoms with Crippen molar-refractivity contribution in [2.75, 3.05) is 6.61 Å². The number of esters is 1. The van der Waals surface area contributed by atoms with Crippen molar-refractivity contribution < 1.29 is 9.53 Å². The fourth-order valence-corrected chi connectivity index (χ4v) is 3.81. The number of carbonyl (C=O) groups excluding carboxylic acids is 1. The third-order valence-electron chi connectivity index (χ3n) is 2.59. The van der Waals surface area contributed by atoms with E-state index in [9.17, 15) is 9.59 Å². The van der Waals surface area contributed by atoms with Gasteiger partial charge in [-0.05, 0) is 0 Å². The molecule has 0 fully saturated rings. The summed E-state index contributed by atoms with van der Waals surface area (Å²) in [7, 11) is 0. The van der Waals surface area contributed by atoms with Gasteiger partial charge in [0.15, 0.2) is 0 Å². The average Bonchev–Trinajstić information content (AvgIpc) is 2.73. The molecule has 0 bridgehead atoms. The third kappa shape index (κ3) is 2.80. The van der Waals surface area contributed by atoms with E-state index in [2.05, 4.69) is 30.7 Å². The van der Waals surface area contributed by atoms with E-state index in [1.54, 1.807) is 6.92 Å². The fourth-order valence-electron chi connectivity index (χ4n) is 1.61. The summed E-state index contributed by atoms with van der Waals surface area (Å²) in [6.07, 6.45) is 0. The van der Waals surface area contributed by atoms with E-state index in [0.29, 0.717) is 9.78 Å². The van der Waals surface area contributed by atoms with E-state index in [1.807, 2.05) is 6.07 Å². The van der Waals surface area contributed by atoms with Crippen LogP contribution in [0.3, 0.4) is 0 Å². The normalized spacial score (nSPS) is 11.8. The van der Waals surface area contributed by atoms with Gasteiger partial charge < -0.3 is 0 Å². The Morgan fingerprint density at radius 3 is 2.74 bits per heavy atom.